The van der Waals surface area contributed by atoms with Gasteiger partial charge in [0.25, 0.3) is 0 Å². The van der Waals surface area contributed by atoms with Crippen LogP contribution in [0.5, 0.6) is 0 Å². The molecule has 0 N–H and O–H groups in total. The number of nitrogens with zero attached hydrogens (tertiary/aromatic N) is 2. The van der Waals surface area contributed by atoms with Crippen molar-refractivity contribution in [1.82, 2.24) is 9.80 Å². The second-order valence-electron chi connectivity index (χ2n) is 5.57. The Morgan fingerprint density at radius 3 is 2.53 bits per heavy atom. The van der Waals surface area contributed by atoms with Gasteiger partial charge < -0.3 is 4.74 Å². The summed E-state index contributed by atoms with van der Waals surface area (Å²) in [4.78, 5) is 16.6. The van der Waals surface area contributed by atoms with E-state index in [-0.39, 0.29) is 5.92 Å². The molecule has 2 aliphatic heterocycles. The van der Waals surface area contributed by atoms with Gasteiger partial charge in [-0.3, -0.25) is 14.6 Å². The Labute approximate surface area is 104 Å². The molecule has 0 radical (unpaired) electrons. The van der Waals surface area contributed by atoms with Crippen LogP contribution in [-0.4, -0.2) is 67.6 Å². The Hall–Kier alpha value is -0.450. The topological polar surface area (TPSA) is 32.8 Å². The maximum atomic E-state index is 11.8. The van der Waals surface area contributed by atoms with Gasteiger partial charge in [0.1, 0.15) is 5.78 Å². The van der Waals surface area contributed by atoms with Gasteiger partial charge in [-0.2, -0.15) is 0 Å². The van der Waals surface area contributed by atoms with Crippen LogP contribution in [0.2, 0.25) is 0 Å². The summed E-state index contributed by atoms with van der Waals surface area (Å²) in [6, 6.07) is 1.14. The van der Waals surface area contributed by atoms with Crippen LogP contribution in [0, 0.1) is 5.92 Å². The Bertz CT molecular complexity index is 271. The number of likely N-dealkylation sites (N-methyl/N-ethyl adjacent to an activating group) is 1. The van der Waals surface area contributed by atoms with E-state index in [1.54, 1.807) is 0 Å². The smallest absolute Gasteiger partial charge is 0.141 e. The van der Waals surface area contributed by atoms with Crippen LogP contribution in [0.1, 0.15) is 20.3 Å². The summed E-state index contributed by atoms with van der Waals surface area (Å²) >= 11 is 0. The summed E-state index contributed by atoms with van der Waals surface area (Å²) in [5.41, 5.74) is 0. The maximum Gasteiger partial charge on any atom is 0.141 e. The van der Waals surface area contributed by atoms with Crippen molar-refractivity contribution in [2.24, 2.45) is 5.92 Å². The molecule has 0 aliphatic carbocycles. The predicted molar refractivity (Wildman–Crippen MR) is 67.1 cm³/mol. The van der Waals surface area contributed by atoms with Crippen LogP contribution in [0.25, 0.3) is 0 Å². The van der Waals surface area contributed by atoms with E-state index in [0.717, 1.165) is 19.6 Å². The van der Waals surface area contributed by atoms with Gasteiger partial charge >= 0.3 is 0 Å². The summed E-state index contributed by atoms with van der Waals surface area (Å²) in [7, 11) is 2.18. The third kappa shape index (κ3) is 3.06. The summed E-state index contributed by atoms with van der Waals surface area (Å²) in [5.74, 6) is 0.488. The molecule has 0 bridgehead atoms. The van der Waals surface area contributed by atoms with Gasteiger partial charge in [0.05, 0.1) is 19.1 Å². The standard InChI is InChI=1S/C13H24N2O2/c1-10-6-15(7-11(2)14(10)3)8-12-9-17-5-4-13(12)16/h10-12H,4-9H2,1-3H3. The van der Waals surface area contributed by atoms with E-state index in [4.69, 9.17) is 4.74 Å². The molecule has 4 nitrogen and oxygen atoms in total. The molecule has 3 atom stereocenters. The molecule has 3 unspecified atom stereocenters. The molecule has 2 aliphatic rings. The molecule has 2 rings (SSSR count). The highest BCUT2D eigenvalue weighted by molar-refractivity contribution is 5.82. The lowest BCUT2D eigenvalue weighted by Crippen LogP contribution is -2.56. The van der Waals surface area contributed by atoms with E-state index in [1.807, 2.05) is 0 Å². The number of ketones is 1. The first kappa shape index (κ1) is 13.0. The minimum absolute atomic E-state index is 0.103. The first-order valence-electron chi connectivity index (χ1n) is 6.62. The lowest BCUT2D eigenvalue weighted by Gasteiger charge is -2.43. The van der Waals surface area contributed by atoms with E-state index in [2.05, 4.69) is 30.7 Å². The number of hydrogen-bond donors (Lipinski definition) is 0. The van der Waals surface area contributed by atoms with Gasteiger partial charge in [0.15, 0.2) is 0 Å². The quantitative estimate of drug-likeness (QED) is 0.708. The first-order valence-corrected chi connectivity index (χ1v) is 6.62. The fourth-order valence-electron chi connectivity index (χ4n) is 2.82. The highest BCUT2D eigenvalue weighted by Gasteiger charge is 2.30. The van der Waals surface area contributed by atoms with E-state index in [0.29, 0.717) is 37.5 Å². The number of carbonyl (C=O) groups is 1. The average molecular weight is 240 g/mol. The van der Waals surface area contributed by atoms with Gasteiger partial charge in [-0.1, -0.05) is 0 Å². The second-order valence-corrected chi connectivity index (χ2v) is 5.57. The lowest BCUT2D eigenvalue weighted by atomic mass is 9.98. The fraction of sp³-hybridized carbons (Fsp3) is 0.923. The summed E-state index contributed by atoms with van der Waals surface area (Å²) < 4.78 is 5.41. The number of hydrogen-bond acceptors (Lipinski definition) is 4. The van der Waals surface area contributed by atoms with Crippen molar-refractivity contribution < 1.29 is 9.53 Å². The molecule has 2 heterocycles. The van der Waals surface area contributed by atoms with Gasteiger partial charge in [0, 0.05) is 38.1 Å². The number of Topliss-reactive ketones (excluding diaryl/α,β-unsaturated/α-hetero) is 1. The predicted octanol–water partition coefficient (Wildman–Crippen LogP) is 0.616. The monoisotopic (exact) mass is 240 g/mol. The number of piperazine rings is 1. The zero-order valence-corrected chi connectivity index (χ0v) is 11.2. The van der Waals surface area contributed by atoms with E-state index in [1.165, 1.54) is 0 Å². The highest BCUT2D eigenvalue weighted by Crippen LogP contribution is 2.17. The molecule has 0 aromatic rings. The molecule has 0 aromatic carbocycles. The zero-order chi connectivity index (χ0) is 12.4. The van der Waals surface area contributed by atoms with Crippen molar-refractivity contribution in [2.75, 3.05) is 39.9 Å². The summed E-state index contributed by atoms with van der Waals surface area (Å²) in [5, 5.41) is 0. The van der Waals surface area contributed by atoms with Crippen LogP contribution in [0.3, 0.4) is 0 Å². The van der Waals surface area contributed by atoms with E-state index >= 15 is 0 Å². The van der Waals surface area contributed by atoms with Crippen molar-refractivity contribution in [2.45, 2.75) is 32.4 Å². The SMILES string of the molecule is CC1CN(CC2COCCC2=O)CC(C)N1C. The van der Waals surface area contributed by atoms with Crippen molar-refractivity contribution in [3.05, 3.63) is 0 Å². The van der Waals surface area contributed by atoms with E-state index in [9.17, 15) is 4.79 Å². The van der Waals surface area contributed by atoms with E-state index < -0.39 is 0 Å². The second kappa shape index (κ2) is 5.46. The van der Waals surface area contributed by atoms with Crippen LogP contribution < -0.4 is 0 Å². The number of rotatable bonds is 2. The molecule has 4 heteroatoms. The van der Waals surface area contributed by atoms with Crippen LogP contribution in [0.15, 0.2) is 0 Å². The molecule has 17 heavy (non-hydrogen) atoms. The molecule has 0 amide bonds. The van der Waals surface area contributed by atoms with Gasteiger partial charge in [0.2, 0.25) is 0 Å². The molecule has 2 saturated heterocycles. The van der Waals surface area contributed by atoms with Gasteiger partial charge in [-0.25, -0.2) is 0 Å². The maximum absolute atomic E-state index is 11.8. The summed E-state index contributed by atoms with van der Waals surface area (Å²) in [6.07, 6.45) is 0.601. The van der Waals surface area contributed by atoms with Crippen molar-refractivity contribution in [3.63, 3.8) is 0 Å². The van der Waals surface area contributed by atoms with Crippen molar-refractivity contribution in [1.29, 1.82) is 0 Å². The molecular weight excluding hydrogens is 216 g/mol. The molecule has 2 fully saturated rings. The molecule has 0 saturated carbocycles. The van der Waals surface area contributed by atoms with Crippen molar-refractivity contribution in [3.8, 4) is 0 Å². The van der Waals surface area contributed by atoms with Crippen LogP contribution >= 0.6 is 0 Å². The van der Waals surface area contributed by atoms with Gasteiger partial charge in [-0.05, 0) is 20.9 Å². The first-order chi connectivity index (χ1) is 8.08. The number of ether oxygens (including phenoxy) is 1. The Morgan fingerprint density at radius 2 is 1.94 bits per heavy atom. The fourth-order valence-corrected chi connectivity index (χ4v) is 2.82. The van der Waals surface area contributed by atoms with Crippen molar-refractivity contribution >= 4 is 5.78 Å². The zero-order valence-electron chi connectivity index (χ0n) is 11.2. The van der Waals surface area contributed by atoms with Crippen LogP contribution in [-0.2, 0) is 9.53 Å². The van der Waals surface area contributed by atoms with Crippen LogP contribution in [0.4, 0.5) is 0 Å². The minimum Gasteiger partial charge on any atom is -0.380 e. The molecule has 0 aromatic heterocycles. The molecule has 0 spiro atoms. The highest BCUT2D eigenvalue weighted by atomic mass is 16.5. The largest absolute Gasteiger partial charge is 0.380 e. The van der Waals surface area contributed by atoms with Gasteiger partial charge in [-0.15, -0.1) is 0 Å². The lowest BCUT2D eigenvalue weighted by molar-refractivity contribution is -0.131. The number of carbonyl (C=O) groups excluding carboxylic acids is 1. The third-order valence-electron chi connectivity index (χ3n) is 4.18. The minimum atomic E-state index is 0.103. The summed E-state index contributed by atoms with van der Waals surface area (Å²) in [6.45, 7) is 8.74. The Kier molecular flexibility index (Phi) is 4.17. The molecule has 98 valence electrons. The normalized spacial score (nSPS) is 37.4. The average Bonchev–Trinajstić information content (AvgIpc) is 2.29. The molecular formula is C13H24N2O2. The Balaban J connectivity index is 1.88. The third-order valence-corrected chi connectivity index (χ3v) is 4.18. The Morgan fingerprint density at radius 1 is 1.29 bits per heavy atom.